The van der Waals surface area contributed by atoms with E-state index in [0.29, 0.717) is 0 Å². The number of piperidine rings is 1. The second kappa shape index (κ2) is 4.93. The number of aryl methyl sites for hydroxylation is 1. The van der Waals surface area contributed by atoms with E-state index in [1.54, 1.807) is 9.80 Å². The number of hydrogen-bond acceptors (Lipinski definition) is 2. The number of benzene rings is 1. The van der Waals surface area contributed by atoms with Gasteiger partial charge in [-0.2, -0.15) is 0 Å². The molecule has 0 aliphatic carbocycles. The lowest BCUT2D eigenvalue weighted by Gasteiger charge is -2.46. The summed E-state index contributed by atoms with van der Waals surface area (Å²) in [5.74, 6) is 0.149. The second-order valence-electron chi connectivity index (χ2n) is 5.76. The molecule has 4 heteroatoms. The van der Waals surface area contributed by atoms with Gasteiger partial charge in [0.1, 0.15) is 12.1 Å². The topological polar surface area (TPSA) is 40.6 Å². The zero-order valence-corrected chi connectivity index (χ0v) is 12.0. The van der Waals surface area contributed by atoms with Gasteiger partial charge in [0.05, 0.1) is 0 Å². The molecule has 2 atom stereocenters. The van der Waals surface area contributed by atoms with Crippen molar-refractivity contribution in [3.8, 4) is 0 Å². The Labute approximate surface area is 119 Å². The van der Waals surface area contributed by atoms with Crippen molar-refractivity contribution in [3.05, 3.63) is 29.8 Å². The van der Waals surface area contributed by atoms with Crippen LogP contribution in [0.1, 0.15) is 31.7 Å². The summed E-state index contributed by atoms with van der Waals surface area (Å²) in [5, 5.41) is 0. The van der Waals surface area contributed by atoms with Gasteiger partial charge in [0.2, 0.25) is 5.91 Å². The van der Waals surface area contributed by atoms with Gasteiger partial charge in [-0.15, -0.1) is 0 Å². The molecule has 2 heterocycles. The summed E-state index contributed by atoms with van der Waals surface area (Å²) < 4.78 is 0. The number of hydrogen-bond donors (Lipinski definition) is 0. The molecule has 0 N–H and O–H groups in total. The minimum Gasteiger partial charge on any atom is -0.329 e. The molecular weight excluding hydrogens is 252 g/mol. The number of fused-ring (bicyclic) bond motifs is 1. The summed E-state index contributed by atoms with van der Waals surface area (Å²) in [7, 11) is 0. The Morgan fingerprint density at radius 2 is 1.75 bits per heavy atom. The molecule has 2 aliphatic heterocycles. The Morgan fingerprint density at radius 3 is 2.45 bits per heavy atom. The fraction of sp³-hybridized carbons (Fsp3) is 0.500. The Bertz CT molecular complexity index is 538. The van der Waals surface area contributed by atoms with Crippen molar-refractivity contribution in [2.24, 2.45) is 0 Å². The number of carbonyl (C=O) groups is 2. The van der Waals surface area contributed by atoms with E-state index in [1.807, 2.05) is 38.1 Å². The lowest BCUT2D eigenvalue weighted by atomic mass is 9.95. The number of nitrogens with zero attached hydrogens (tertiary/aromatic N) is 2. The molecule has 2 unspecified atom stereocenters. The van der Waals surface area contributed by atoms with E-state index >= 15 is 0 Å². The van der Waals surface area contributed by atoms with E-state index in [4.69, 9.17) is 0 Å². The van der Waals surface area contributed by atoms with Gasteiger partial charge >= 0.3 is 0 Å². The molecule has 2 fully saturated rings. The summed E-state index contributed by atoms with van der Waals surface area (Å²) in [4.78, 5) is 28.7. The molecule has 1 aromatic rings. The maximum Gasteiger partial charge on any atom is 0.250 e. The van der Waals surface area contributed by atoms with E-state index in [-0.39, 0.29) is 17.9 Å². The van der Waals surface area contributed by atoms with Gasteiger partial charge in [0.15, 0.2) is 0 Å². The Morgan fingerprint density at radius 1 is 1.05 bits per heavy atom. The lowest BCUT2D eigenvalue weighted by molar-refractivity contribution is -0.147. The van der Waals surface area contributed by atoms with Crippen LogP contribution in [0.25, 0.3) is 0 Å². The molecule has 2 aliphatic rings. The first-order valence-electron chi connectivity index (χ1n) is 7.30. The third-order valence-corrected chi connectivity index (χ3v) is 4.37. The molecule has 0 bridgehead atoms. The molecular formula is C16H20N2O2. The van der Waals surface area contributed by atoms with Crippen LogP contribution in [0.4, 0.5) is 5.69 Å². The van der Waals surface area contributed by atoms with E-state index < -0.39 is 6.04 Å². The maximum absolute atomic E-state index is 12.7. The minimum absolute atomic E-state index is 0.0700. The first-order valence-corrected chi connectivity index (χ1v) is 7.30. The number of carbonyl (C=O) groups excluding carboxylic acids is 2. The Balaban J connectivity index is 1.96. The van der Waals surface area contributed by atoms with E-state index in [0.717, 1.165) is 37.1 Å². The number of anilines is 1. The highest BCUT2D eigenvalue weighted by atomic mass is 16.2. The summed E-state index contributed by atoms with van der Waals surface area (Å²) in [6.07, 6.45) is 2.82. The molecule has 0 radical (unpaired) electrons. The molecule has 0 spiro atoms. The van der Waals surface area contributed by atoms with Crippen molar-refractivity contribution in [1.29, 1.82) is 0 Å². The SMILES string of the molecule is Cc1ccc(N2C(=O)C3CCCCN3C(=O)C2C)cc1. The van der Waals surface area contributed by atoms with Crippen LogP contribution >= 0.6 is 0 Å². The summed E-state index contributed by atoms with van der Waals surface area (Å²) in [6.45, 7) is 4.56. The minimum atomic E-state index is -0.403. The highest BCUT2D eigenvalue weighted by Gasteiger charge is 2.45. The molecule has 1 aromatic carbocycles. The van der Waals surface area contributed by atoms with Gasteiger partial charge in [0.25, 0.3) is 5.91 Å². The third kappa shape index (κ3) is 1.99. The van der Waals surface area contributed by atoms with Crippen molar-refractivity contribution in [1.82, 2.24) is 4.90 Å². The fourth-order valence-corrected chi connectivity index (χ4v) is 3.21. The van der Waals surface area contributed by atoms with Crippen LogP contribution in [0.5, 0.6) is 0 Å². The number of piperazine rings is 1. The zero-order valence-electron chi connectivity index (χ0n) is 12.0. The van der Waals surface area contributed by atoms with Crippen molar-refractivity contribution >= 4 is 17.5 Å². The van der Waals surface area contributed by atoms with Crippen LogP contribution in [-0.4, -0.2) is 35.3 Å². The molecule has 2 amide bonds. The number of rotatable bonds is 1. The molecule has 20 heavy (non-hydrogen) atoms. The first kappa shape index (κ1) is 13.2. The standard InChI is InChI=1S/C16H20N2O2/c1-11-6-8-13(9-7-11)18-12(2)15(19)17-10-4-3-5-14(17)16(18)20/h6-9,12,14H,3-5,10H2,1-2H3. The van der Waals surface area contributed by atoms with Crippen LogP contribution in [0.3, 0.4) is 0 Å². The Hall–Kier alpha value is -1.84. The van der Waals surface area contributed by atoms with Gasteiger partial charge < -0.3 is 4.90 Å². The van der Waals surface area contributed by atoms with Crippen LogP contribution in [-0.2, 0) is 9.59 Å². The van der Waals surface area contributed by atoms with Crippen molar-refractivity contribution < 1.29 is 9.59 Å². The summed E-state index contributed by atoms with van der Waals surface area (Å²) in [6, 6.07) is 7.15. The van der Waals surface area contributed by atoms with Crippen LogP contribution in [0.15, 0.2) is 24.3 Å². The highest BCUT2D eigenvalue weighted by molar-refractivity contribution is 6.08. The normalized spacial score (nSPS) is 26.7. The van der Waals surface area contributed by atoms with E-state index in [1.165, 1.54) is 0 Å². The van der Waals surface area contributed by atoms with Gasteiger partial charge in [-0.25, -0.2) is 0 Å². The molecule has 0 saturated carbocycles. The number of amides is 2. The lowest BCUT2D eigenvalue weighted by Crippen LogP contribution is -2.65. The zero-order chi connectivity index (χ0) is 14.3. The average Bonchev–Trinajstić information content (AvgIpc) is 2.47. The van der Waals surface area contributed by atoms with E-state index in [9.17, 15) is 9.59 Å². The molecule has 4 nitrogen and oxygen atoms in total. The predicted molar refractivity (Wildman–Crippen MR) is 77.5 cm³/mol. The Kier molecular flexibility index (Phi) is 3.24. The molecule has 2 saturated heterocycles. The highest BCUT2D eigenvalue weighted by Crippen LogP contribution is 2.30. The predicted octanol–water partition coefficient (Wildman–Crippen LogP) is 2.11. The smallest absolute Gasteiger partial charge is 0.250 e. The molecule has 3 rings (SSSR count). The van der Waals surface area contributed by atoms with Crippen LogP contribution in [0, 0.1) is 6.92 Å². The van der Waals surface area contributed by atoms with Crippen LogP contribution in [0.2, 0.25) is 0 Å². The third-order valence-electron chi connectivity index (χ3n) is 4.37. The average molecular weight is 272 g/mol. The van der Waals surface area contributed by atoms with Crippen molar-refractivity contribution in [3.63, 3.8) is 0 Å². The van der Waals surface area contributed by atoms with Gasteiger partial charge in [0, 0.05) is 12.2 Å². The van der Waals surface area contributed by atoms with Crippen molar-refractivity contribution in [2.45, 2.75) is 45.2 Å². The monoisotopic (exact) mass is 272 g/mol. The van der Waals surface area contributed by atoms with E-state index in [2.05, 4.69) is 0 Å². The first-order chi connectivity index (χ1) is 9.59. The van der Waals surface area contributed by atoms with Gasteiger partial charge in [-0.05, 0) is 45.2 Å². The quantitative estimate of drug-likeness (QED) is 0.785. The summed E-state index contributed by atoms with van der Waals surface area (Å²) >= 11 is 0. The fourth-order valence-electron chi connectivity index (χ4n) is 3.21. The second-order valence-corrected chi connectivity index (χ2v) is 5.76. The maximum atomic E-state index is 12.7. The van der Waals surface area contributed by atoms with Gasteiger partial charge in [-0.1, -0.05) is 17.7 Å². The van der Waals surface area contributed by atoms with Crippen LogP contribution < -0.4 is 4.90 Å². The summed E-state index contributed by atoms with van der Waals surface area (Å²) in [5.41, 5.74) is 1.98. The van der Waals surface area contributed by atoms with Gasteiger partial charge in [-0.3, -0.25) is 14.5 Å². The van der Waals surface area contributed by atoms with Crippen molar-refractivity contribution in [2.75, 3.05) is 11.4 Å². The molecule has 106 valence electrons. The molecule has 0 aromatic heterocycles. The largest absolute Gasteiger partial charge is 0.329 e.